The van der Waals surface area contributed by atoms with Crippen molar-refractivity contribution in [2.45, 2.75) is 26.9 Å². The molecule has 0 amide bonds. The quantitative estimate of drug-likeness (QED) is 0.729. The Labute approximate surface area is 85.8 Å². The fraction of sp³-hybridized carbons (Fsp3) is 0.700. The van der Waals surface area contributed by atoms with Crippen molar-refractivity contribution in [1.29, 1.82) is 0 Å². The minimum atomic E-state index is -4.36. The summed E-state index contributed by atoms with van der Waals surface area (Å²) < 4.78 is 36.6. The number of hydrogen-bond acceptors (Lipinski definition) is 1. The summed E-state index contributed by atoms with van der Waals surface area (Å²) in [6.07, 6.45) is -3.33. The Hall–Kier alpha value is -1.00. The van der Waals surface area contributed by atoms with Crippen LogP contribution in [0.4, 0.5) is 13.2 Å². The minimum absolute atomic E-state index is 0.517. The molecule has 1 saturated carbocycles. The lowest BCUT2D eigenvalue weighted by Gasteiger charge is -2.06. The first-order chi connectivity index (χ1) is 6.58. The van der Waals surface area contributed by atoms with Crippen molar-refractivity contribution in [3.63, 3.8) is 0 Å². The van der Waals surface area contributed by atoms with Gasteiger partial charge in [-0.05, 0) is 18.3 Å². The number of rotatable bonds is 2. The number of carboxylic acids is 1. The molecule has 2 nitrogen and oxygen atoms in total. The summed E-state index contributed by atoms with van der Waals surface area (Å²) in [6.45, 7) is 4.29. The van der Waals surface area contributed by atoms with Gasteiger partial charge in [0.15, 0.2) is 0 Å². The minimum Gasteiger partial charge on any atom is -0.481 e. The molecule has 15 heavy (non-hydrogen) atoms. The maximum Gasteiger partial charge on any atom is 0.412 e. The van der Waals surface area contributed by atoms with Crippen LogP contribution in [0.15, 0.2) is 11.6 Å². The van der Waals surface area contributed by atoms with Gasteiger partial charge in [-0.3, -0.25) is 4.79 Å². The monoisotopic (exact) mass is 222 g/mol. The van der Waals surface area contributed by atoms with E-state index < -0.39 is 35.0 Å². The SMILES string of the molecule is CC(=C[C@H]1[C@@H](C(=O)O)C1(C)C)C(F)(F)F. The van der Waals surface area contributed by atoms with Crippen molar-refractivity contribution in [2.75, 3.05) is 0 Å². The lowest BCUT2D eigenvalue weighted by atomic mass is 10.1. The van der Waals surface area contributed by atoms with Crippen LogP contribution in [0, 0.1) is 17.3 Å². The molecule has 86 valence electrons. The standard InChI is InChI=1S/C10H13F3O2/c1-5(10(11,12)13)4-6-7(8(14)15)9(6,2)3/h4,6-7H,1-3H3,(H,14,15)/t6-,7-/m0/s1. The van der Waals surface area contributed by atoms with Crippen LogP contribution in [0.3, 0.4) is 0 Å². The van der Waals surface area contributed by atoms with E-state index in [1.807, 2.05) is 0 Å². The second kappa shape index (κ2) is 3.25. The van der Waals surface area contributed by atoms with Gasteiger partial charge in [0.25, 0.3) is 0 Å². The molecule has 0 unspecified atom stereocenters. The summed E-state index contributed by atoms with van der Waals surface area (Å²) in [5.74, 6) is -2.25. The molecule has 0 radical (unpaired) electrons. The molecule has 1 fully saturated rings. The van der Waals surface area contributed by atoms with E-state index in [0.717, 1.165) is 13.0 Å². The Morgan fingerprint density at radius 1 is 1.40 bits per heavy atom. The molecule has 0 aromatic carbocycles. The van der Waals surface area contributed by atoms with Gasteiger partial charge in [-0.15, -0.1) is 0 Å². The van der Waals surface area contributed by atoms with Gasteiger partial charge in [0, 0.05) is 5.57 Å². The number of hydrogen-bond donors (Lipinski definition) is 1. The van der Waals surface area contributed by atoms with Gasteiger partial charge in [0.2, 0.25) is 0 Å². The summed E-state index contributed by atoms with van der Waals surface area (Å²) in [4.78, 5) is 10.7. The average Bonchev–Trinajstić information content (AvgIpc) is 2.50. The Morgan fingerprint density at radius 3 is 2.13 bits per heavy atom. The van der Waals surface area contributed by atoms with E-state index in [1.165, 1.54) is 0 Å². The van der Waals surface area contributed by atoms with E-state index in [2.05, 4.69) is 0 Å². The topological polar surface area (TPSA) is 37.3 Å². The van der Waals surface area contributed by atoms with Gasteiger partial charge < -0.3 is 5.11 Å². The van der Waals surface area contributed by atoms with Crippen LogP contribution in [-0.2, 0) is 4.79 Å². The molecule has 0 heterocycles. The van der Waals surface area contributed by atoms with Gasteiger partial charge in [-0.2, -0.15) is 13.2 Å². The van der Waals surface area contributed by atoms with Crippen molar-refractivity contribution in [3.05, 3.63) is 11.6 Å². The fourth-order valence-corrected chi connectivity index (χ4v) is 1.82. The van der Waals surface area contributed by atoms with Gasteiger partial charge >= 0.3 is 12.1 Å². The zero-order chi connectivity index (χ0) is 12.0. The van der Waals surface area contributed by atoms with Crippen molar-refractivity contribution in [1.82, 2.24) is 0 Å². The van der Waals surface area contributed by atoms with Crippen molar-refractivity contribution < 1.29 is 23.1 Å². The molecule has 0 saturated heterocycles. The zero-order valence-corrected chi connectivity index (χ0v) is 8.72. The summed E-state index contributed by atoms with van der Waals surface area (Å²) in [5, 5.41) is 8.76. The molecular formula is C10H13F3O2. The predicted octanol–water partition coefficient (Wildman–Crippen LogP) is 2.85. The van der Waals surface area contributed by atoms with Crippen LogP contribution >= 0.6 is 0 Å². The number of halogens is 3. The summed E-state index contributed by atoms with van der Waals surface area (Å²) in [5.41, 5.74) is -1.29. The second-order valence-electron chi connectivity index (χ2n) is 4.51. The lowest BCUT2D eigenvalue weighted by Crippen LogP contribution is -2.09. The first kappa shape index (κ1) is 12.1. The van der Waals surface area contributed by atoms with Crippen LogP contribution in [0.1, 0.15) is 20.8 Å². The number of carbonyl (C=O) groups is 1. The number of aliphatic carboxylic acids is 1. The molecule has 1 N–H and O–H groups in total. The normalized spacial score (nSPS) is 30.1. The van der Waals surface area contributed by atoms with Crippen LogP contribution in [0.5, 0.6) is 0 Å². The maximum atomic E-state index is 12.2. The van der Waals surface area contributed by atoms with E-state index in [1.54, 1.807) is 13.8 Å². The molecule has 1 aliphatic rings. The van der Waals surface area contributed by atoms with Gasteiger partial charge in [-0.25, -0.2) is 0 Å². The number of carboxylic acid groups (broad SMARTS) is 1. The first-order valence-corrected chi connectivity index (χ1v) is 4.57. The van der Waals surface area contributed by atoms with E-state index in [4.69, 9.17) is 5.11 Å². The number of allylic oxidation sites excluding steroid dienone is 2. The zero-order valence-electron chi connectivity index (χ0n) is 8.72. The second-order valence-corrected chi connectivity index (χ2v) is 4.51. The smallest absolute Gasteiger partial charge is 0.412 e. The van der Waals surface area contributed by atoms with E-state index in [0.29, 0.717) is 0 Å². The lowest BCUT2D eigenvalue weighted by molar-refractivity contribution is -0.139. The van der Waals surface area contributed by atoms with E-state index in [9.17, 15) is 18.0 Å². The van der Waals surface area contributed by atoms with Crippen molar-refractivity contribution in [2.24, 2.45) is 17.3 Å². The molecule has 0 bridgehead atoms. The van der Waals surface area contributed by atoms with Crippen LogP contribution in [-0.4, -0.2) is 17.3 Å². The fourth-order valence-electron chi connectivity index (χ4n) is 1.82. The highest BCUT2D eigenvalue weighted by atomic mass is 19.4. The predicted molar refractivity (Wildman–Crippen MR) is 48.2 cm³/mol. The molecular weight excluding hydrogens is 209 g/mol. The molecule has 0 spiro atoms. The third-order valence-corrected chi connectivity index (χ3v) is 3.05. The number of alkyl halides is 3. The molecule has 0 aliphatic heterocycles. The third-order valence-electron chi connectivity index (χ3n) is 3.05. The summed E-state index contributed by atoms with van der Waals surface area (Å²) in [6, 6.07) is 0. The molecule has 0 aromatic rings. The highest BCUT2D eigenvalue weighted by Gasteiger charge is 2.61. The van der Waals surface area contributed by atoms with Crippen LogP contribution < -0.4 is 0 Å². The molecule has 1 aliphatic carbocycles. The highest BCUT2D eigenvalue weighted by Crippen LogP contribution is 2.59. The van der Waals surface area contributed by atoms with Gasteiger partial charge in [0.1, 0.15) is 0 Å². The Morgan fingerprint density at radius 2 is 1.87 bits per heavy atom. The summed E-state index contributed by atoms with van der Waals surface area (Å²) >= 11 is 0. The summed E-state index contributed by atoms with van der Waals surface area (Å²) in [7, 11) is 0. The van der Waals surface area contributed by atoms with Crippen molar-refractivity contribution >= 4 is 5.97 Å². The maximum absolute atomic E-state index is 12.2. The Kier molecular flexibility index (Phi) is 2.62. The first-order valence-electron chi connectivity index (χ1n) is 4.57. The molecule has 2 atom stereocenters. The highest BCUT2D eigenvalue weighted by molar-refractivity contribution is 5.76. The Balaban J connectivity index is 2.83. The average molecular weight is 222 g/mol. The van der Waals surface area contributed by atoms with E-state index >= 15 is 0 Å². The molecule has 1 rings (SSSR count). The molecule has 5 heteroatoms. The van der Waals surface area contributed by atoms with Gasteiger partial charge in [-0.1, -0.05) is 19.9 Å². The Bertz CT molecular complexity index is 315. The van der Waals surface area contributed by atoms with Gasteiger partial charge in [0.05, 0.1) is 5.92 Å². The van der Waals surface area contributed by atoms with Crippen molar-refractivity contribution in [3.8, 4) is 0 Å². The van der Waals surface area contributed by atoms with Crippen LogP contribution in [0.25, 0.3) is 0 Å². The van der Waals surface area contributed by atoms with Crippen LogP contribution in [0.2, 0.25) is 0 Å². The van der Waals surface area contributed by atoms with E-state index in [-0.39, 0.29) is 0 Å². The third kappa shape index (κ3) is 2.16. The molecule has 0 aromatic heterocycles. The largest absolute Gasteiger partial charge is 0.481 e.